The standard InChI is InChI=1S/C16H24O3Si/c1-4-17-15(18-5-2)16(19-6-3)20-14-11-12-9-7-8-10-13(12)14/h7-10,14H,4-6,11,20H2,1-3H3. The second-order valence-corrected chi connectivity index (χ2v) is 6.85. The van der Waals surface area contributed by atoms with Crippen molar-refractivity contribution in [2.45, 2.75) is 32.7 Å². The van der Waals surface area contributed by atoms with Crippen molar-refractivity contribution >= 4 is 9.52 Å². The average Bonchev–Trinajstić information content (AvgIpc) is 2.43. The van der Waals surface area contributed by atoms with E-state index >= 15 is 0 Å². The van der Waals surface area contributed by atoms with E-state index in [1.807, 2.05) is 20.8 Å². The van der Waals surface area contributed by atoms with E-state index in [0.717, 1.165) is 5.38 Å². The Balaban J connectivity index is 2.11. The molecule has 0 bridgehead atoms. The van der Waals surface area contributed by atoms with Crippen LogP contribution >= 0.6 is 0 Å². The Bertz CT molecular complexity index is 463. The van der Waals surface area contributed by atoms with Gasteiger partial charge in [0.15, 0.2) is 0 Å². The molecule has 0 saturated carbocycles. The molecule has 2 rings (SSSR count). The van der Waals surface area contributed by atoms with Gasteiger partial charge in [0.25, 0.3) is 0 Å². The molecule has 20 heavy (non-hydrogen) atoms. The van der Waals surface area contributed by atoms with E-state index in [0.29, 0.717) is 31.3 Å². The molecule has 0 fully saturated rings. The van der Waals surface area contributed by atoms with Gasteiger partial charge in [-0.05, 0) is 43.9 Å². The summed E-state index contributed by atoms with van der Waals surface area (Å²) in [6, 6.07) is 8.69. The zero-order valence-electron chi connectivity index (χ0n) is 12.6. The van der Waals surface area contributed by atoms with E-state index in [2.05, 4.69) is 24.3 Å². The quantitative estimate of drug-likeness (QED) is 0.544. The second-order valence-electron chi connectivity index (χ2n) is 4.81. The second kappa shape index (κ2) is 7.38. The molecule has 3 nitrogen and oxygen atoms in total. The Hall–Kier alpha value is -1.42. The van der Waals surface area contributed by atoms with Crippen LogP contribution in [0.3, 0.4) is 0 Å². The normalized spacial score (nSPS) is 16.4. The minimum Gasteiger partial charge on any atom is -0.497 e. The van der Waals surface area contributed by atoms with Gasteiger partial charge in [0.2, 0.25) is 0 Å². The number of ether oxygens (including phenoxy) is 3. The Morgan fingerprint density at radius 3 is 2.30 bits per heavy atom. The Morgan fingerprint density at radius 2 is 1.70 bits per heavy atom. The molecule has 1 aliphatic carbocycles. The van der Waals surface area contributed by atoms with Crippen LogP contribution in [0.1, 0.15) is 37.4 Å². The Labute approximate surface area is 123 Å². The zero-order valence-corrected chi connectivity index (χ0v) is 14.1. The van der Waals surface area contributed by atoms with E-state index in [4.69, 9.17) is 14.2 Å². The van der Waals surface area contributed by atoms with Gasteiger partial charge in [-0.3, -0.25) is 0 Å². The summed E-state index contributed by atoms with van der Waals surface area (Å²) in [6.45, 7) is 7.85. The van der Waals surface area contributed by atoms with E-state index in [1.54, 1.807) is 0 Å². The van der Waals surface area contributed by atoms with Crippen LogP contribution in [0.2, 0.25) is 0 Å². The monoisotopic (exact) mass is 292 g/mol. The minimum atomic E-state index is -0.564. The van der Waals surface area contributed by atoms with Crippen molar-refractivity contribution in [3.63, 3.8) is 0 Å². The van der Waals surface area contributed by atoms with Crippen molar-refractivity contribution in [1.29, 1.82) is 0 Å². The lowest BCUT2D eigenvalue weighted by Gasteiger charge is -2.30. The third kappa shape index (κ3) is 3.36. The lowest BCUT2D eigenvalue weighted by Crippen LogP contribution is -2.26. The van der Waals surface area contributed by atoms with Crippen LogP contribution < -0.4 is 0 Å². The third-order valence-corrected chi connectivity index (χ3v) is 5.58. The first-order valence-corrected chi connectivity index (χ1v) is 9.01. The van der Waals surface area contributed by atoms with Crippen LogP contribution in [0.25, 0.3) is 0 Å². The average molecular weight is 292 g/mol. The summed E-state index contributed by atoms with van der Waals surface area (Å²) in [7, 11) is -0.564. The van der Waals surface area contributed by atoms with Gasteiger partial charge in [-0.1, -0.05) is 24.3 Å². The topological polar surface area (TPSA) is 27.7 Å². The number of rotatable bonds is 8. The van der Waals surface area contributed by atoms with E-state index in [9.17, 15) is 0 Å². The van der Waals surface area contributed by atoms with Gasteiger partial charge in [-0.15, -0.1) is 0 Å². The molecule has 110 valence electrons. The van der Waals surface area contributed by atoms with Gasteiger partial charge in [-0.2, -0.15) is 0 Å². The molecule has 0 spiro atoms. The Morgan fingerprint density at radius 1 is 1.05 bits per heavy atom. The molecule has 1 aliphatic rings. The first-order chi connectivity index (χ1) is 9.80. The number of benzene rings is 1. The number of hydrogen-bond donors (Lipinski definition) is 0. The molecule has 0 amide bonds. The fourth-order valence-electron chi connectivity index (χ4n) is 2.61. The smallest absolute Gasteiger partial charge is 0.312 e. The summed E-state index contributed by atoms with van der Waals surface area (Å²) in [6.07, 6.45) is 1.17. The molecule has 0 aliphatic heterocycles. The van der Waals surface area contributed by atoms with Crippen LogP contribution in [-0.2, 0) is 20.6 Å². The van der Waals surface area contributed by atoms with Crippen molar-refractivity contribution < 1.29 is 14.2 Å². The molecule has 0 heterocycles. The van der Waals surface area contributed by atoms with E-state index in [-0.39, 0.29) is 0 Å². The Kier molecular flexibility index (Phi) is 5.53. The molecule has 1 atom stereocenters. The fraction of sp³-hybridized carbons (Fsp3) is 0.500. The van der Waals surface area contributed by atoms with Gasteiger partial charge >= 0.3 is 5.95 Å². The highest BCUT2D eigenvalue weighted by molar-refractivity contribution is 6.47. The fourth-order valence-corrected chi connectivity index (χ4v) is 4.82. The summed E-state index contributed by atoms with van der Waals surface area (Å²) in [5.41, 5.74) is 3.63. The molecule has 0 N–H and O–H groups in total. The zero-order chi connectivity index (χ0) is 14.4. The van der Waals surface area contributed by atoms with Crippen LogP contribution in [0.15, 0.2) is 35.6 Å². The predicted octanol–water partition coefficient (Wildman–Crippen LogP) is 2.69. The number of fused-ring (bicyclic) bond motifs is 1. The van der Waals surface area contributed by atoms with Crippen molar-refractivity contribution in [1.82, 2.24) is 0 Å². The maximum Gasteiger partial charge on any atom is 0.312 e. The molecule has 0 aromatic heterocycles. The first-order valence-electron chi connectivity index (χ1n) is 7.49. The van der Waals surface area contributed by atoms with Crippen molar-refractivity contribution in [3.05, 3.63) is 46.7 Å². The summed E-state index contributed by atoms with van der Waals surface area (Å²) < 4.78 is 17.1. The van der Waals surface area contributed by atoms with Crippen molar-refractivity contribution in [3.8, 4) is 0 Å². The highest BCUT2D eigenvalue weighted by Crippen LogP contribution is 2.35. The first kappa shape index (κ1) is 15.0. The van der Waals surface area contributed by atoms with Gasteiger partial charge in [0.05, 0.1) is 19.8 Å². The van der Waals surface area contributed by atoms with Crippen LogP contribution in [0.5, 0.6) is 0 Å². The van der Waals surface area contributed by atoms with Crippen LogP contribution in [0, 0.1) is 0 Å². The van der Waals surface area contributed by atoms with Crippen LogP contribution in [0.4, 0.5) is 0 Å². The SMILES string of the molecule is CCOC(OCC)=C(OCC)[SiH2]C1Cc2ccccc21. The van der Waals surface area contributed by atoms with Gasteiger partial charge < -0.3 is 14.2 Å². The van der Waals surface area contributed by atoms with Crippen molar-refractivity contribution in [2.75, 3.05) is 19.8 Å². The highest BCUT2D eigenvalue weighted by atomic mass is 28.2. The molecular formula is C16H24O3Si. The minimum absolute atomic E-state index is 0.564. The molecule has 0 saturated heterocycles. The molecule has 1 aromatic rings. The van der Waals surface area contributed by atoms with Crippen LogP contribution in [-0.4, -0.2) is 29.3 Å². The van der Waals surface area contributed by atoms with Crippen molar-refractivity contribution in [2.24, 2.45) is 0 Å². The summed E-state index contributed by atoms with van der Waals surface area (Å²) in [4.78, 5) is 0. The molecule has 1 aromatic carbocycles. The summed E-state index contributed by atoms with van der Waals surface area (Å²) in [5.74, 6) is 0.618. The van der Waals surface area contributed by atoms with E-state index < -0.39 is 9.52 Å². The predicted molar refractivity (Wildman–Crippen MR) is 83.3 cm³/mol. The largest absolute Gasteiger partial charge is 0.497 e. The lowest BCUT2D eigenvalue weighted by atomic mass is 9.88. The van der Waals surface area contributed by atoms with Gasteiger partial charge in [0.1, 0.15) is 14.9 Å². The van der Waals surface area contributed by atoms with Gasteiger partial charge in [0, 0.05) is 0 Å². The summed E-state index contributed by atoms with van der Waals surface area (Å²) >= 11 is 0. The lowest BCUT2D eigenvalue weighted by molar-refractivity contribution is 0.0283. The van der Waals surface area contributed by atoms with Gasteiger partial charge in [-0.25, -0.2) is 0 Å². The molecule has 0 radical (unpaired) electrons. The maximum absolute atomic E-state index is 5.82. The highest BCUT2D eigenvalue weighted by Gasteiger charge is 2.29. The molecule has 1 unspecified atom stereocenters. The summed E-state index contributed by atoms with van der Waals surface area (Å²) in [5, 5.41) is 0.982. The maximum atomic E-state index is 5.82. The van der Waals surface area contributed by atoms with E-state index in [1.165, 1.54) is 17.5 Å². The molecular weight excluding hydrogens is 268 g/mol. The third-order valence-electron chi connectivity index (χ3n) is 3.49. The number of hydrogen-bond acceptors (Lipinski definition) is 3. The molecule has 4 heteroatoms.